The van der Waals surface area contributed by atoms with E-state index in [1.54, 1.807) is 36.4 Å². The zero-order chi connectivity index (χ0) is 23.1. The number of carbonyl (C=O) groups is 2. The maximum atomic E-state index is 12.3. The normalized spacial score (nSPS) is 12.2. The van der Waals surface area contributed by atoms with Crippen LogP contribution >= 0.6 is 0 Å². The van der Waals surface area contributed by atoms with Gasteiger partial charge in [0.25, 0.3) is 11.8 Å². The number of furan rings is 1. The third kappa shape index (κ3) is 5.62. The zero-order valence-corrected chi connectivity index (χ0v) is 17.2. The van der Waals surface area contributed by atoms with Crippen molar-refractivity contribution in [2.24, 2.45) is 0 Å². The summed E-state index contributed by atoms with van der Waals surface area (Å²) < 4.78 is 5.51. The van der Waals surface area contributed by atoms with Gasteiger partial charge < -0.3 is 19.9 Å². The molecule has 0 saturated carbocycles. The number of rotatable bonds is 6. The molecule has 5 N–H and O–H groups in total. The van der Waals surface area contributed by atoms with E-state index >= 15 is 0 Å². The highest BCUT2D eigenvalue weighted by Crippen LogP contribution is 2.22. The SMILES string of the molecule is CC(O)C(NC(=O)c1ccc(C#Cc2ccc(-c3ccc(CO)o3)cc2)cc1)C(=O)NO. The monoisotopic (exact) mass is 434 g/mol. The molecule has 1 aromatic heterocycles. The maximum Gasteiger partial charge on any atom is 0.268 e. The topological polar surface area (TPSA) is 132 Å². The van der Waals surface area contributed by atoms with Crippen molar-refractivity contribution in [1.29, 1.82) is 0 Å². The molecule has 0 aliphatic rings. The molecule has 8 nitrogen and oxygen atoms in total. The van der Waals surface area contributed by atoms with Crippen LogP contribution in [0.4, 0.5) is 0 Å². The van der Waals surface area contributed by atoms with Crippen LogP contribution in [0.5, 0.6) is 0 Å². The van der Waals surface area contributed by atoms with E-state index in [1.165, 1.54) is 12.4 Å². The molecule has 0 spiro atoms. The van der Waals surface area contributed by atoms with Crippen molar-refractivity contribution >= 4 is 11.8 Å². The lowest BCUT2D eigenvalue weighted by Crippen LogP contribution is -2.51. The van der Waals surface area contributed by atoms with E-state index < -0.39 is 24.0 Å². The summed E-state index contributed by atoms with van der Waals surface area (Å²) in [6.45, 7) is 1.18. The van der Waals surface area contributed by atoms with E-state index in [0.29, 0.717) is 17.1 Å². The Morgan fingerprint density at radius 2 is 1.56 bits per heavy atom. The van der Waals surface area contributed by atoms with Crippen molar-refractivity contribution in [2.45, 2.75) is 25.7 Å². The number of hydrogen-bond donors (Lipinski definition) is 5. The number of amides is 2. The summed E-state index contributed by atoms with van der Waals surface area (Å²) in [5, 5.41) is 29.8. The molecule has 32 heavy (non-hydrogen) atoms. The number of nitrogens with one attached hydrogen (secondary N) is 2. The molecule has 2 amide bonds. The van der Waals surface area contributed by atoms with Crippen LogP contribution in [0.15, 0.2) is 65.1 Å². The predicted molar refractivity (Wildman–Crippen MR) is 115 cm³/mol. The average molecular weight is 434 g/mol. The van der Waals surface area contributed by atoms with Gasteiger partial charge in [0.2, 0.25) is 0 Å². The smallest absolute Gasteiger partial charge is 0.268 e. The van der Waals surface area contributed by atoms with E-state index in [4.69, 9.17) is 14.7 Å². The lowest BCUT2D eigenvalue weighted by Gasteiger charge is -2.19. The van der Waals surface area contributed by atoms with Crippen molar-refractivity contribution in [2.75, 3.05) is 0 Å². The predicted octanol–water partition coefficient (Wildman–Crippen LogP) is 1.82. The largest absolute Gasteiger partial charge is 0.459 e. The molecule has 0 saturated heterocycles. The summed E-state index contributed by atoms with van der Waals surface area (Å²) in [5.41, 5.74) is 4.04. The van der Waals surface area contributed by atoms with Crippen LogP contribution in [-0.2, 0) is 11.4 Å². The van der Waals surface area contributed by atoms with Gasteiger partial charge in [0.15, 0.2) is 0 Å². The van der Waals surface area contributed by atoms with Crippen LogP contribution in [0.1, 0.15) is 34.2 Å². The second-order valence-electron chi connectivity index (χ2n) is 7.00. The second kappa shape index (κ2) is 10.4. The van der Waals surface area contributed by atoms with Gasteiger partial charge >= 0.3 is 0 Å². The lowest BCUT2D eigenvalue weighted by molar-refractivity contribution is -0.133. The van der Waals surface area contributed by atoms with Gasteiger partial charge in [-0.25, -0.2) is 5.48 Å². The Morgan fingerprint density at radius 3 is 2.06 bits per heavy atom. The van der Waals surface area contributed by atoms with Gasteiger partial charge in [-0.15, -0.1) is 0 Å². The Hall–Kier alpha value is -3.90. The highest BCUT2D eigenvalue weighted by Gasteiger charge is 2.25. The van der Waals surface area contributed by atoms with Crippen LogP contribution in [0, 0.1) is 11.8 Å². The van der Waals surface area contributed by atoms with Crippen LogP contribution in [0.3, 0.4) is 0 Å². The molecular formula is C24H22N2O6. The van der Waals surface area contributed by atoms with Gasteiger partial charge in [-0.05, 0) is 55.5 Å². The fourth-order valence-electron chi connectivity index (χ4n) is 2.88. The highest BCUT2D eigenvalue weighted by atomic mass is 16.5. The first-order chi connectivity index (χ1) is 15.4. The molecule has 0 bridgehead atoms. The highest BCUT2D eigenvalue weighted by molar-refractivity contribution is 5.97. The first kappa shape index (κ1) is 22.8. The number of aliphatic hydroxyl groups is 2. The number of hydroxylamine groups is 1. The summed E-state index contributed by atoms with van der Waals surface area (Å²) in [4.78, 5) is 23.8. The third-order valence-electron chi connectivity index (χ3n) is 4.65. The van der Waals surface area contributed by atoms with Crippen molar-refractivity contribution in [1.82, 2.24) is 10.8 Å². The summed E-state index contributed by atoms with van der Waals surface area (Å²) in [6.07, 6.45) is -1.19. The molecule has 3 aromatic rings. The number of aliphatic hydroxyl groups excluding tert-OH is 2. The van der Waals surface area contributed by atoms with Gasteiger partial charge in [-0.3, -0.25) is 14.8 Å². The second-order valence-corrected chi connectivity index (χ2v) is 7.00. The van der Waals surface area contributed by atoms with Gasteiger partial charge in [0.05, 0.1) is 6.10 Å². The summed E-state index contributed by atoms with van der Waals surface area (Å²) in [7, 11) is 0. The molecule has 164 valence electrons. The lowest BCUT2D eigenvalue weighted by atomic mass is 10.1. The van der Waals surface area contributed by atoms with E-state index in [0.717, 1.165) is 11.1 Å². The molecular weight excluding hydrogens is 412 g/mol. The fraction of sp³-hybridized carbons (Fsp3) is 0.167. The molecule has 2 aromatic carbocycles. The maximum absolute atomic E-state index is 12.3. The Kier molecular flexibility index (Phi) is 7.41. The summed E-state index contributed by atoms with van der Waals surface area (Å²) in [5.74, 6) is 5.73. The van der Waals surface area contributed by atoms with E-state index in [1.807, 2.05) is 24.3 Å². The van der Waals surface area contributed by atoms with Gasteiger partial charge in [0.1, 0.15) is 24.2 Å². The van der Waals surface area contributed by atoms with Crippen molar-refractivity contribution in [3.05, 3.63) is 83.1 Å². The third-order valence-corrected chi connectivity index (χ3v) is 4.65. The Morgan fingerprint density at radius 1 is 0.969 bits per heavy atom. The number of benzene rings is 2. The standard InChI is InChI=1S/C24H22N2O6/c1-15(28)22(24(30)26-31)25-23(29)19-10-6-17(7-11-19)3-2-16-4-8-18(9-5-16)21-13-12-20(14-27)32-21/h4-13,15,22,27-28,31H,14H2,1H3,(H,25,29)(H,26,30). The fourth-order valence-corrected chi connectivity index (χ4v) is 2.88. The minimum absolute atomic E-state index is 0.150. The molecule has 3 rings (SSSR count). The van der Waals surface area contributed by atoms with Gasteiger partial charge in [0, 0.05) is 22.3 Å². The Labute approximate surface area is 184 Å². The summed E-state index contributed by atoms with van der Waals surface area (Å²) >= 11 is 0. The molecule has 0 fully saturated rings. The summed E-state index contributed by atoms with van der Waals surface area (Å²) in [6, 6.07) is 16.1. The first-order valence-electron chi connectivity index (χ1n) is 9.76. The number of carbonyl (C=O) groups excluding carboxylic acids is 2. The minimum Gasteiger partial charge on any atom is -0.459 e. The number of hydrogen-bond acceptors (Lipinski definition) is 6. The molecule has 2 atom stereocenters. The zero-order valence-electron chi connectivity index (χ0n) is 17.2. The average Bonchev–Trinajstić information content (AvgIpc) is 3.30. The van der Waals surface area contributed by atoms with Crippen LogP contribution in [-0.4, -0.2) is 39.4 Å². The Bertz CT molecular complexity index is 1140. The Balaban J connectivity index is 1.66. The van der Waals surface area contributed by atoms with E-state index in [2.05, 4.69) is 17.2 Å². The van der Waals surface area contributed by atoms with E-state index in [-0.39, 0.29) is 12.2 Å². The molecule has 0 radical (unpaired) electrons. The van der Waals surface area contributed by atoms with Gasteiger partial charge in [-0.2, -0.15) is 0 Å². The molecule has 0 aliphatic heterocycles. The van der Waals surface area contributed by atoms with Crippen LogP contribution in [0.25, 0.3) is 11.3 Å². The van der Waals surface area contributed by atoms with Gasteiger partial charge in [-0.1, -0.05) is 24.0 Å². The van der Waals surface area contributed by atoms with Crippen LogP contribution < -0.4 is 10.8 Å². The quantitative estimate of drug-likeness (QED) is 0.228. The van der Waals surface area contributed by atoms with Crippen molar-refractivity contribution in [3.8, 4) is 23.2 Å². The minimum atomic E-state index is -1.29. The van der Waals surface area contributed by atoms with Crippen molar-refractivity contribution in [3.63, 3.8) is 0 Å². The van der Waals surface area contributed by atoms with Crippen LogP contribution in [0.2, 0.25) is 0 Å². The molecule has 1 heterocycles. The molecule has 8 heteroatoms. The van der Waals surface area contributed by atoms with E-state index in [9.17, 15) is 14.7 Å². The molecule has 0 aliphatic carbocycles. The van der Waals surface area contributed by atoms with Crippen molar-refractivity contribution < 1.29 is 29.4 Å². The molecule has 2 unspecified atom stereocenters. The first-order valence-corrected chi connectivity index (χ1v) is 9.76.